The highest BCUT2D eigenvalue weighted by molar-refractivity contribution is 6.29. The summed E-state index contributed by atoms with van der Waals surface area (Å²) >= 11 is 6.25. The molecule has 1 aromatic carbocycles. The predicted octanol–water partition coefficient (Wildman–Crippen LogP) is 4.01. The maximum absolute atomic E-state index is 14.0. The Morgan fingerprint density at radius 3 is 2.90 bits per heavy atom. The standard InChI is InChI=1S/C21H18ClFN6O/c1-2-28-20-12(10-26-28)6-16-8-19(22)27-29(16)17-4-3-15(23)5-14(17)11-30-18-7-13(20)9-25-21(18)24/h3-5,7-10H,2,6,11H2,1H3,(H2,24,25). The van der Waals surface area contributed by atoms with Crippen molar-refractivity contribution in [2.75, 3.05) is 5.73 Å². The molecule has 30 heavy (non-hydrogen) atoms. The van der Waals surface area contributed by atoms with E-state index >= 15 is 0 Å². The summed E-state index contributed by atoms with van der Waals surface area (Å²) in [7, 11) is 0. The van der Waals surface area contributed by atoms with Crippen LogP contribution in [0.2, 0.25) is 5.15 Å². The van der Waals surface area contributed by atoms with Crippen molar-refractivity contribution in [2.45, 2.75) is 26.5 Å². The fourth-order valence-corrected chi connectivity index (χ4v) is 3.98. The number of nitrogens with two attached hydrogens (primary N) is 1. The zero-order valence-electron chi connectivity index (χ0n) is 16.1. The number of anilines is 1. The van der Waals surface area contributed by atoms with Crippen molar-refractivity contribution in [1.29, 1.82) is 0 Å². The summed E-state index contributed by atoms with van der Waals surface area (Å²) in [5, 5.41) is 9.31. The van der Waals surface area contributed by atoms with Crippen LogP contribution in [-0.4, -0.2) is 24.5 Å². The number of fused-ring (bicyclic) bond motifs is 7. The number of hydrogen-bond acceptors (Lipinski definition) is 5. The van der Waals surface area contributed by atoms with E-state index in [-0.39, 0.29) is 18.2 Å². The number of pyridine rings is 1. The third-order valence-corrected chi connectivity index (χ3v) is 5.33. The molecular weight excluding hydrogens is 407 g/mol. The van der Waals surface area contributed by atoms with E-state index in [0.717, 1.165) is 22.5 Å². The molecular formula is C21H18ClFN6O. The highest BCUT2D eigenvalue weighted by atomic mass is 35.5. The molecule has 5 rings (SSSR count). The highest BCUT2D eigenvalue weighted by Crippen LogP contribution is 2.33. The second-order valence-corrected chi connectivity index (χ2v) is 7.44. The summed E-state index contributed by atoms with van der Waals surface area (Å²) in [6.07, 6.45) is 4.07. The third kappa shape index (κ3) is 3.09. The first-order valence-electron chi connectivity index (χ1n) is 9.50. The molecule has 9 heteroatoms. The minimum atomic E-state index is -0.365. The second-order valence-electron chi connectivity index (χ2n) is 7.05. The van der Waals surface area contributed by atoms with E-state index in [1.807, 2.05) is 23.9 Å². The first-order valence-corrected chi connectivity index (χ1v) is 9.88. The molecule has 0 spiro atoms. The second kappa shape index (κ2) is 7.14. The summed E-state index contributed by atoms with van der Waals surface area (Å²) in [5.41, 5.74) is 11.0. The van der Waals surface area contributed by atoms with Crippen LogP contribution >= 0.6 is 11.6 Å². The molecule has 0 atom stereocenters. The molecule has 1 aliphatic rings. The fourth-order valence-electron chi connectivity index (χ4n) is 3.78. The normalized spacial score (nSPS) is 12.8. The molecule has 0 fully saturated rings. The lowest BCUT2D eigenvalue weighted by Gasteiger charge is -2.17. The van der Waals surface area contributed by atoms with E-state index in [0.29, 0.717) is 35.1 Å². The van der Waals surface area contributed by atoms with Gasteiger partial charge >= 0.3 is 0 Å². The molecule has 0 amide bonds. The molecule has 4 heterocycles. The highest BCUT2D eigenvalue weighted by Gasteiger charge is 2.21. The van der Waals surface area contributed by atoms with Gasteiger partial charge in [0.2, 0.25) is 0 Å². The van der Waals surface area contributed by atoms with Crippen molar-refractivity contribution in [1.82, 2.24) is 24.5 Å². The molecule has 2 bridgehead atoms. The van der Waals surface area contributed by atoms with Crippen molar-refractivity contribution in [2.24, 2.45) is 0 Å². The number of nitrogen functional groups attached to an aromatic ring is 1. The number of rotatable bonds is 1. The zero-order valence-corrected chi connectivity index (χ0v) is 16.9. The molecule has 2 N–H and O–H groups in total. The number of halogens is 2. The van der Waals surface area contributed by atoms with E-state index in [1.165, 1.54) is 12.1 Å². The molecule has 0 radical (unpaired) electrons. The largest absolute Gasteiger partial charge is 0.485 e. The summed E-state index contributed by atoms with van der Waals surface area (Å²) < 4.78 is 23.6. The monoisotopic (exact) mass is 424 g/mol. The maximum atomic E-state index is 14.0. The number of aryl methyl sites for hydroxylation is 1. The number of nitrogens with zero attached hydrogens (tertiary/aromatic N) is 5. The Morgan fingerprint density at radius 1 is 1.20 bits per heavy atom. The Morgan fingerprint density at radius 2 is 2.07 bits per heavy atom. The maximum Gasteiger partial charge on any atom is 0.166 e. The number of benzene rings is 1. The Kier molecular flexibility index (Phi) is 4.43. The lowest BCUT2D eigenvalue weighted by atomic mass is 10.0. The van der Waals surface area contributed by atoms with Crippen molar-refractivity contribution in [3.05, 3.63) is 70.5 Å². The van der Waals surface area contributed by atoms with Crippen LogP contribution < -0.4 is 10.5 Å². The molecule has 4 aromatic rings. The first kappa shape index (κ1) is 18.6. The third-order valence-electron chi connectivity index (χ3n) is 5.15. The lowest BCUT2D eigenvalue weighted by Crippen LogP contribution is -2.11. The van der Waals surface area contributed by atoms with Crippen LogP contribution in [0.5, 0.6) is 5.75 Å². The summed E-state index contributed by atoms with van der Waals surface area (Å²) in [6.45, 7) is 2.81. The van der Waals surface area contributed by atoms with Gasteiger partial charge < -0.3 is 10.5 Å². The lowest BCUT2D eigenvalue weighted by molar-refractivity contribution is 0.305. The van der Waals surface area contributed by atoms with Gasteiger partial charge in [-0.05, 0) is 37.3 Å². The van der Waals surface area contributed by atoms with Crippen LogP contribution in [0.3, 0.4) is 0 Å². The van der Waals surface area contributed by atoms with E-state index in [1.54, 1.807) is 23.0 Å². The average Bonchev–Trinajstić information content (AvgIpc) is 3.30. The van der Waals surface area contributed by atoms with Crippen LogP contribution in [0, 0.1) is 5.82 Å². The molecule has 152 valence electrons. The van der Waals surface area contributed by atoms with Gasteiger partial charge in [-0.25, -0.2) is 14.1 Å². The minimum absolute atomic E-state index is 0.0965. The summed E-state index contributed by atoms with van der Waals surface area (Å²) in [6, 6.07) is 8.14. The zero-order chi connectivity index (χ0) is 20.8. The van der Waals surface area contributed by atoms with Gasteiger partial charge in [-0.3, -0.25) is 4.68 Å². The van der Waals surface area contributed by atoms with Crippen LogP contribution in [0.25, 0.3) is 16.9 Å². The van der Waals surface area contributed by atoms with Gasteiger partial charge in [-0.2, -0.15) is 10.2 Å². The summed E-state index contributed by atoms with van der Waals surface area (Å²) in [4.78, 5) is 4.30. The number of hydrogen-bond donors (Lipinski definition) is 1. The van der Waals surface area contributed by atoms with Crippen molar-refractivity contribution in [3.8, 4) is 22.7 Å². The molecule has 0 saturated heterocycles. The Hall–Kier alpha value is -3.39. The van der Waals surface area contributed by atoms with Crippen molar-refractivity contribution >= 4 is 17.4 Å². The number of ether oxygens (including phenoxy) is 1. The summed E-state index contributed by atoms with van der Waals surface area (Å²) in [5.74, 6) is 0.327. The van der Waals surface area contributed by atoms with Crippen LogP contribution in [-0.2, 0) is 19.6 Å². The van der Waals surface area contributed by atoms with E-state index in [2.05, 4.69) is 15.2 Å². The van der Waals surface area contributed by atoms with Crippen LogP contribution in [0.4, 0.5) is 10.2 Å². The molecule has 0 aliphatic carbocycles. The van der Waals surface area contributed by atoms with Gasteiger partial charge in [0, 0.05) is 35.9 Å². The van der Waals surface area contributed by atoms with Crippen molar-refractivity contribution in [3.63, 3.8) is 0 Å². The van der Waals surface area contributed by atoms with E-state index < -0.39 is 0 Å². The minimum Gasteiger partial charge on any atom is -0.485 e. The molecule has 0 unspecified atom stereocenters. The predicted molar refractivity (Wildman–Crippen MR) is 111 cm³/mol. The van der Waals surface area contributed by atoms with Crippen LogP contribution in [0.1, 0.15) is 23.7 Å². The van der Waals surface area contributed by atoms with Crippen LogP contribution in [0.15, 0.2) is 42.7 Å². The Balaban J connectivity index is 1.78. The van der Waals surface area contributed by atoms with Gasteiger partial charge in [-0.15, -0.1) is 0 Å². The molecule has 7 nitrogen and oxygen atoms in total. The topological polar surface area (TPSA) is 83.8 Å². The SMILES string of the molecule is CCn1ncc2c1-c1cnc(N)c(c1)OCc1cc(F)ccc1-n1nc(Cl)cc1C2. The fraction of sp³-hybridized carbons (Fsp3) is 0.190. The quantitative estimate of drug-likeness (QED) is 0.499. The van der Waals surface area contributed by atoms with Crippen molar-refractivity contribution < 1.29 is 9.13 Å². The molecule has 3 aromatic heterocycles. The Bertz CT molecular complexity index is 1260. The van der Waals surface area contributed by atoms with Gasteiger partial charge in [-0.1, -0.05) is 11.6 Å². The van der Waals surface area contributed by atoms with Gasteiger partial charge in [0.15, 0.2) is 16.7 Å². The Labute approximate surface area is 176 Å². The first-order chi connectivity index (χ1) is 14.5. The van der Waals surface area contributed by atoms with E-state index in [9.17, 15) is 4.39 Å². The van der Waals surface area contributed by atoms with Gasteiger partial charge in [0.25, 0.3) is 0 Å². The molecule has 1 aliphatic heterocycles. The van der Waals surface area contributed by atoms with Gasteiger partial charge in [0.05, 0.1) is 23.3 Å². The number of aromatic nitrogens is 5. The smallest absolute Gasteiger partial charge is 0.166 e. The van der Waals surface area contributed by atoms with Gasteiger partial charge in [0.1, 0.15) is 12.4 Å². The van der Waals surface area contributed by atoms with E-state index in [4.69, 9.17) is 22.1 Å². The molecule has 0 saturated carbocycles. The average molecular weight is 425 g/mol.